The minimum Gasteiger partial charge on any atom is -0.490 e. The van der Waals surface area contributed by atoms with E-state index in [-0.39, 0.29) is 17.3 Å². The molecule has 6 nitrogen and oxygen atoms in total. The lowest BCUT2D eigenvalue weighted by Crippen LogP contribution is -2.10. The summed E-state index contributed by atoms with van der Waals surface area (Å²) >= 11 is 5.67. The van der Waals surface area contributed by atoms with Crippen molar-refractivity contribution in [1.29, 1.82) is 0 Å². The number of rotatable bonds is 6. The first-order valence-electron chi connectivity index (χ1n) is 10.4. The number of aliphatic imine (C=N–C) groups is 1. The van der Waals surface area contributed by atoms with E-state index in [1.54, 1.807) is 36.4 Å². The summed E-state index contributed by atoms with van der Waals surface area (Å²) in [5.74, 6) is -0.175. The van der Waals surface area contributed by atoms with Crippen LogP contribution in [0.5, 0.6) is 11.5 Å². The number of halogens is 2. The van der Waals surface area contributed by atoms with Crippen LogP contribution < -0.4 is 9.47 Å². The zero-order valence-electron chi connectivity index (χ0n) is 18.3. The van der Waals surface area contributed by atoms with Crippen LogP contribution in [0, 0.1) is 10.5 Å². The van der Waals surface area contributed by atoms with Gasteiger partial charge in [-0.05, 0) is 113 Å². The smallest absolute Gasteiger partial charge is 0.363 e. The van der Waals surface area contributed by atoms with Crippen LogP contribution in [0.2, 0.25) is 0 Å². The summed E-state index contributed by atoms with van der Waals surface area (Å²) in [7, 11) is 0. The normalized spacial score (nSPS) is 14.1. The number of esters is 2. The second kappa shape index (κ2) is 10.5. The summed E-state index contributed by atoms with van der Waals surface area (Å²) in [5.41, 5.74) is 2.89. The van der Waals surface area contributed by atoms with Gasteiger partial charge in [-0.25, -0.2) is 14.6 Å². The fraction of sp³-hybridized carbons (Fsp3) is 0.115. The topological polar surface area (TPSA) is 74.2 Å². The predicted molar refractivity (Wildman–Crippen MR) is 141 cm³/mol. The van der Waals surface area contributed by atoms with Gasteiger partial charge in [0.1, 0.15) is 0 Å². The Bertz CT molecular complexity index is 1330. The first kappa shape index (κ1) is 24.2. The van der Waals surface area contributed by atoms with Gasteiger partial charge < -0.3 is 14.2 Å². The third-order valence-corrected chi connectivity index (χ3v) is 6.10. The molecule has 0 aliphatic carbocycles. The van der Waals surface area contributed by atoms with Crippen LogP contribution in [0.3, 0.4) is 0 Å². The maximum atomic E-state index is 12.7. The first-order valence-corrected chi connectivity index (χ1v) is 12.2. The van der Waals surface area contributed by atoms with E-state index in [4.69, 9.17) is 14.2 Å². The molecule has 0 spiro atoms. The summed E-state index contributed by atoms with van der Waals surface area (Å²) < 4.78 is 18.3. The molecule has 0 unspecified atom stereocenters. The summed E-state index contributed by atoms with van der Waals surface area (Å²) in [5, 5.41) is 0. The molecule has 0 atom stereocenters. The molecule has 3 aromatic carbocycles. The van der Waals surface area contributed by atoms with E-state index in [2.05, 4.69) is 43.5 Å². The zero-order chi connectivity index (χ0) is 24.2. The quantitative estimate of drug-likeness (QED) is 0.138. The van der Waals surface area contributed by atoms with E-state index in [9.17, 15) is 9.59 Å². The molecule has 0 saturated carbocycles. The molecular weight excluding hydrogens is 613 g/mol. The number of benzene rings is 3. The maximum absolute atomic E-state index is 12.7. The van der Waals surface area contributed by atoms with Crippen molar-refractivity contribution in [2.75, 3.05) is 6.61 Å². The number of aryl methyl sites for hydroxylation is 1. The van der Waals surface area contributed by atoms with Gasteiger partial charge in [-0.3, -0.25) is 0 Å². The van der Waals surface area contributed by atoms with Gasteiger partial charge in [0.2, 0.25) is 5.90 Å². The lowest BCUT2D eigenvalue weighted by molar-refractivity contribution is -0.129. The highest BCUT2D eigenvalue weighted by molar-refractivity contribution is 14.1. The molecule has 1 aliphatic heterocycles. The average Bonchev–Trinajstić information content (AvgIpc) is 3.16. The fourth-order valence-electron chi connectivity index (χ4n) is 3.24. The Morgan fingerprint density at radius 3 is 2.62 bits per heavy atom. The molecule has 1 aliphatic rings. The molecule has 0 amide bonds. The summed E-state index contributed by atoms with van der Waals surface area (Å²) in [6.07, 6.45) is 1.60. The van der Waals surface area contributed by atoms with E-state index in [0.29, 0.717) is 33.5 Å². The monoisotopic (exact) mass is 631 g/mol. The molecule has 4 rings (SSSR count). The van der Waals surface area contributed by atoms with Crippen LogP contribution in [0.4, 0.5) is 0 Å². The molecular formula is C26H19BrINO5. The van der Waals surface area contributed by atoms with Crippen LogP contribution in [0.1, 0.15) is 34.0 Å². The first-order chi connectivity index (χ1) is 16.3. The lowest BCUT2D eigenvalue weighted by Gasteiger charge is -2.14. The molecule has 0 aromatic heterocycles. The fourth-order valence-corrected chi connectivity index (χ4v) is 4.14. The van der Waals surface area contributed by atoms with Crippen molar-refractivity contribution in [3.8, 4) is 11.5 Å². The van der Waals surface area contributed by atoms with Crippen molar-refractivity contribution in [1.82, 2.24) is 0 Å². The highest BCUT2D eigenvalue weighted by Crippen LogP contribution is 2.38. The molecule has 34 heavy (non-hydrogen) atoms. The maximum Gasteiger partial charge on any atom is 0.363 e. The second-order valence-electron chi connectivity index (χ2n) is 7.36. The Hall–Kier alpha value is -2.98. The Morgan fingerprint density at radius 2 is 1.91 bits per heavy atom. The molecule has 0 saturated heterocycles. The van der Waals surface area contributed by atoms with Crippen molar-refractivity contribution in [2.24, 2.45) is 4.99 Å². The Morgan fingerprint density at radius 1 is 1.15 bits per heavy atom. The van der Waals surface area contributed by atoms with Gasteiger partial charge in [0.25, 0.3) is 0 Å². The summed E-state index contributed by atoms with van der Waals surface area (Å²) in [6, 6.07) is 18.1. The van der Waals surface area contributed by atoms with E-state index in [0.717, 1.165) is 9.13 Å². The Balaban J connectivity index is 1.64. The van der Waals surface area contributed by atoms with E-state index in [1.165, 1.54) is 0 Å². The standard InChI is InChI=1S/C26H19BrINO5/c1-3-32-22-14-16(12-20(27)23(22)33-25(30)18-6-4-5-15(2)11-18)13-21-26(31)34-24(29-21)17-7-9-19(28)10-8-17/h4-14H,3H2,1-2H3/b21-13-. The number of carbonyl (C=O) groups excluding carboxylic acids is 2. The van der Waals surface area contributed by atoms with Gasteiger partial charge in [-0.15, -0.1) is 0 Å². The van der Waals surface area contributed by atoms with Gasteiger partial charge >= 0.3 is 11.9 Å². The van der Waals surface area contributed by atoms with Crippen molar-refractivity contribution in [3.63, 3.8) is 0 Å². The van der Waals surface area contributed by atoms with Gasteiger partial charge in [0.05, 0.1) is 16.6 Å². The van der Waals surface area contributed by atoms with Crippen molar-refractivity contribution in [2.45, 2.75) is 13.8 Å². The predicted octanol–water partition coefficient (Wildman–Crippen LogP) is 6.32. The molecule has 3 aromatic rings. The SMILES string of the molecule is CCOc1cc(/C=C2\N=C(c3ccc(I)cc3)OC2=O)cc(Br)c1OC(=O)c1cccc(C)c1. The number of hydrogen-bond donors (Lipinski definition) is 0. The second-order valence-corrected chi connectivity index (χ2v) is 9.46. The minimum absolute atomic E-state index is 0.160. The van der Waals surface area contributed by atoms with Gasteiger partial charge in [0, 0.05) is 9.13 Å². The van der Waals surface area contributed by atoms with Crippen LogP contribution in [0.15, 0.2) is 75.8 Å². The number of nitrogens with zero attached hydrogens (tertiary/aromatic N) is 1. The molecule has 0 fully saturated rings. The molecule has 0 bridgehead atoms. The highest BCUT2D eigenvalue weighted by Gasteiger charge is 2.25. The highest BCUT2D eigenvalue weighted by atomic mass is 127. The lowest BCUT2D eigenvalue weighted by atomic mass is 10.1. The minimum atomic E-state index is -0.544. The van der Waals surface area contributed by atoms with Crippen molar-refractivity contribution >= 4 is 62.4 Å². The largest absolute Gasteiger partial charge is 0.490 e. The molecule has 0 radical (unpaired) electrons. The van der Waals surface area contributed by atoms with Crippen LogP contribution in [-0.2, 0) is 9.53 Å². The number of cyclic esters (lactones) is 1. The number of carbonyl (C=O) groups is 2. The number of hydrogen-bond acceptors (Lipinski definition) is 6. The van der Waals surface area contributed by atoms with E-state index in [1.807, 2.05) is 44.2 Å². The number of ether oxygens (including phenoxy) is 3. The van der Waals surface area contributed by atoms with Crippen LogP contribution in [0.25, 0.3) is 6.08 Å². The van der Waals surface area contributed by atoms with Crippen LogP contribution >= 0.6 is 38.5 Å². The van der Waals surface area contributed by atoms with Crippen molar-refractivity contribution in [3.05, 3.63) is 96.7 Å². The van der Waals surface area contributed by atoms with Gasteiger partial charge in [-0.2, -0.15) is 0 Å². The van der Waals surface area contributed by atoms with Gasteiger partial charge in [0.15, 0.2) is 17.2 Å². The van der Waals surface area contributed by atoms with E-state index >= 15 is 0 Å². The van der Waals surface area contributed by atoms with Crippen molar-refractivity contribution < 1.29 is 23.8 Å². The third-order valence-electron chi connectivity index (χ3n) is 4.80. The molecule has 172 valence electrons. The van der Waals surface area contributed by atoms with E-state index < -0.39 is 11.9 Å². The zero-order valence-corrected chi connectivity index (χ0v) is 22.0. The molecule has 8 heteroatoms. The molecule has 0 N–H and O–H groups in total. The van der Waals surface area contributed by atoms with Gasteiger partial charge in [-0.1, -0.05) is 17.7 Å². The Labute approximate surface area is 218 Å². The average molecular weight is 632 g/mol. The third kappa shape index (κ3) is 5.56. The summed E-state index contributed by atoms with van der Waals surface area (Å²) in [4.78, 5) is 29.4. The van der Waals surface area contributed by atoms with Crippen LogP contribution in [-0.4, -0.2) is 24.4 Å². The molecule has 1 heterocycles. The summed E-state index contributed by atoms with van der Waals surface area (Å²) in [6.45, 7) is 4.09. The Kier molecular flexibility index (Phi) is 7.47.